The number of carbonyl (C=O) groups excluding carboxylic acids is 2. The number of hydrogen-bond donors (Lipinski definition) is 0. The number of aryl methyl sites for hydroxylation is 2. The Kier molecular flexibility index (Phi) is 21.1. The fourth-order valence-corrected chi connectivity index (χ4v) is 10.9. The highest BCUT2D eigenvalue weighted by atomic mass is 79.9. The van der Waals surface area contributed by atoms with Crippen LogP contribution in [0, 0.1) is 13.8 Å². The molecule has 0 fully saturated rings. The van der Waals surface area contributed by atoms with E-state index < -0.39 is 0 Å². The molecule has 8 rings (SSSR count). The van der Waals surface area contributed by atoms with Gasteiger partial charge in [-0.1, -0.05) is 130 Å². The topological polar surface area (TPSA) is 77.5 Å². The number of hydrogen-bond acceptors (Lipinski definition) is 8. The lowest BCUT2D eigenvalue weighted by Gasteiger charge is -2.32. The summed E-state index contributed by atoms with van der Waals surface area (Å²) in [5.41, 5.74) is 11.8. The van der Waals surface area contributed by atoms with Gasteiger partial charge in [-0.15, -0.1) is 0 Å². The minimum Gasteiger partial charge on any atom is -0.462 e. The Labute approximate surface area is 453 Å². The van der Waals surface area contributed by atoms with Crippen LogP contribution in [0.3, 0.4) is 0 Å². The molecule has 0 bridgehead atoms. The van der Waals surface area contributed by atoms with Gasteiger partial charge < -0.3 is 28.7 Å². The van der Waals surface area contributed by atoms with Gasteiger partial charge in [-0.25, -0.2) is 9.59 Å². The van der Waals surface area contributed by atoms with Crippen molar-refractivity contribution in [1.82, 2.24) is 0 Å². The normalized spacial score (nSPS) is 13.8. The predicted octanol–water partition coefficient (Wildman–Crippen LogP) is 17.9. The van der Waals surface area contributed by atoms with Crippen LogP contribution < -0.4 is 19.3 Å². The lowest BCUT2D eigenvalue weighted by Crippen LogP contribution is -2.23. The van der Waals surface area contributed by atoms with Crippen LogP contribution in [0.1, 0.15) is 177 Å². The zero-order chi connectivity index (χ0) is 51.3. The summed E-state index contributed by atoms with van der Waals surface area (Å²) in [5.74, 6) is 2.51. The molecule has 2 atom stereocenters. The Morgan fingerprint density at radius 3 is 1.49 bits per heavy atom. The number of rotatable bonds is 20. The second-order valence-electron chi connectivity index (χ2n) is 18.7. The maximum Gasteiger partial charge on any atom is 0.338 e. The summed E-state index contributed by atoms with van der Waals surface area (Å²) >= 11 is 7.55. The molecule has 10 heteroatoms. The molecule has 0 aromatic heterocycles. The number of fused-ring (bicyclic) bond motifs is 4. The van der Waals surface area contributed by atoms with E-state index in [0.29, 0.717) is 24.3 Å². The first-order valence-electron chi connectivity index (χ1n) is 26.2. The van der Waals surface area contributed by atoms with Gasteiger partial charge in [0.15, 0.2) is 0 Å². The number of esters is 2. The van der Waals surface area contributed by atoms with E-state index in [1.165, 1.54) is 6.42 Å². The molecule has 6 aromatic carbocycles. The first-order chi connectivity index (χ1) is 35.0. The van der Waals surface area contributed by atoms with Crippen LogP contribution >= 0.6 is 31.9 Å². The van der Waals surface area contributed by atoms with E-state index >= 15 is 0 Å². The van der Waals surface area contributed by atoms with Crippen LogP contribution in [0.15, 0.2) is 118 Å². The molecular weight excluding hydrogens is 1040 g/mol. The Morgan fingerprint density at radius 2 is 0.959 bits per heavy atom. The smallest absolute Gasteiger partial charge is 0.338 e. The lowest BCUT2D eigenvalue weighted by molar-refractivity contribution is 0.0487. The summed E-state index contributed by atoms with van der Waals surface area (Å²) in [6, 6.07) is 36.9. The zero-order valence-corrected chi connectivity index (χ0v) is 46.7. The highest BCUT2D eigenvalue weighted by Gasteiger charge is 2.35. The number of nitrogens with zero attached hydrogens (tertiary/aromatic N) is 2. The fraction of sp³-hybridized carbons (Fsp3) is 0.397. The standard InChI is InChI=1S/C31H35Br2NO3.C31H37NO3.CH4/c1-5-8-9-12-15-36-31(35)22-14-11-10-13-21(22)30-23-17-25(32)20(4)16-28(23)37-29-19-27(34(6-2)7-3)26(33)18-24(29)30;1-5-8-9-12-19-34-31(33)25-14-11-10-13-24(25)30-26-17-15-22(4)20-28(26)35-29-21-23(16-18-27(29)30)32(6-2)7-3;/h10-11,13-14,16-19,30H,5-9,12,15H2,1-4H3;10-11,13-18,20-21,30H,5-9,12,19H2,1-4H3;1H4. The van der Waals surface area contributed by atoms with E-state index in [2.05, 4.69) is 164 Å². The van der Waals surface area contributed by atoms with E-state index in [9.17, 15) is 9.59 Å². The molecule has 0 aliphatic carbocycles. The average Bonchev–Trinajstić information content (AvgIpc) is 3.38. The van der Waals surface area contributed by atoms with Crippen LogP contribution in [0.2, 0.25) is 0 Å². The van der Waals surface area contributed by atoms with Gasteiger partial charge in [0, 0.05) is 87.0 Å². The van der Waals surface area contributed by atoms with E-state index in [1.807, 2.05) is 42.5 Å². The van der Waals surface area contributed by atoms with Gasteiger partial charge >= 0.3 is 11.9 Å². The van der Waals surface area contributed by atoms with E-state index in [1.54, 1.807) is 0 Å². The molecule has 0 radical (unpaired) electrons. The Hall–Kier alpha value is -5.58. The molecule has 2 aliphatic heterocycles. The Balaban J connectivity index is 0.000000235. The van der Waals surface area contributed by atoms with Gasteiger partial charge in [-0.2, -0.15) is 0 Å². The van der Waals surface area contributed by atoms with Crippen molar-refractivity contribution in [2.24, 2.45) is 0 Å². The molecule has 0 amide bonds. The van der Waals surface area contributed by atoms with Crippen molar-refractivity contribution in [2.45, 2.75) is 126 Å². The third kappa shape index (κ3) is 13.2. The molecule has 2 unspecified atom stereocenters. The van der Waals surface area contributed by atoms with Crippen molar-refractivity contribution in [2.75, 3.05) is 49.2 Å². The van der Waals surface area contributed by atoms with Crippen molar-refractivity contribution in [3.8, 4) is 23.0 Å². The summed E-state index contributed by atoms with van der Waals surface area (Å²) in [7, 11) is 0. The van der Waals surface area contributed by atoms with Crippen molar-refractivity contribution < 1.29 is 28.5 Å². The van der Waals surface area contributed by atoms with Crippen LogP contribution in [-0.2, 0) is 9.47 Å². The molecule has 8 nitrogen and oxygen atoms in total. The first-order valence-corrected chi connectivity index (χ1v) is 27.8. The van der Waals surface area contributed by atoms with E-state index in [0.717, 1.165) is 159 Å². The van der Waals surface area contributed by atoms with Gasteiger partial charge in [-0.3, -0.25) is 0 Å². The van der Waals surface area contributed by atoms with Crippen LogP contribution in [0.5, 0.6) is 23.0 Å². The van der Waals surface area contributed by atoms with Crippen molar-refractivity contribution >= 4 is 55.2 Å². The molecule has 2 heterocycles. The molecular formula is C63H76Br2N2O6. The number of benzene rings is 6. The van der Waals surface area contributed by atoms with Crippen molar-refractivity contribution in [3.63, 3.8) is 0 Å². The monoisotopic (exact) mass is 1110 g/mol. The minimum absolute atomic E-state index is 0. The largest absolute Gasteiger partial charge is 0.462 e. The van der Waals surface area contributed by atoms with Crippen molar-refractivity contribution in [1.29, 1.82) is 0 Å². The summed E-state index contributed by atoms with van der Waals surface area (Å²) in [5, 5.41) is 0. The number of carbonyl (C=O) groups is 2. The van der Waals surface area contributed by atoms with Gasteiger partial charge in [0.25, 0.3) is 0 Å². The molecule has 0 saturated carbocycles. The van der Waals surface area contributed by atoms with E-state index in [4.69, 9.17) is 18.9 Å². The molecule has 388 valence electrons. The van der Waals surface area contributed by atoms with E-state index in [-0.39, 0.29) is 31.2 Å². The highest BCUT2D eigenvalue weighted by molar-refractivity contribution is 9.11. The Morgan fingerprint density at radius 1 is 0.493 bits per heavy atom. The highest BCUT2D eigenvalue weighted by Crippen LogP contribution is 2.52. The average molecular weight is 1120 g/mol. The Bertz CT molecular complexity index is 2820. The SMILES string of the molecule is C.CCCCCCOC(=O)c1ccccc1C1c2cc(Br)c(C)cc2Oc2cc(N(CC)CC)c(Br)cc21.CCCCCCOC(=O)c1ccccc1C1c2ccc(C)cc2Oc2cc(N(CC)CC)ccc21. The van der Waals surface area contributed by atoms with Gasteiger partial charge in [-0.05, 0) is 135 Å². The number of unbranched alkanes of at least 4 members (excludes halogenated alkanes) is 6. The zero-order valence-electron chi connectivity index (χ0n) is 43.5. The van der Waals surface area contributed by atoms with Gasteiger partial charge in [0.2, 0.25) is 0 Å². The second-order valence-corrected chi connectivity index (χ2v) is 20.4. The molecule has 2 aliphatic rings. The van der Waals surface area contributed by atoms with Crippen LogP contribution in [-0.4, -0.2) is 51.3 Å². The van der Waals surface area contributed by atoms with Gasteiger partial charge in [0.05, 0.1) is 30.0 Å². The summed E-state index contributed by atoms with van der Waals surface area (Å²) in [6.45, 7) is 21.7. The minimum atomic E-state index is -0.272. The summed E-state index contributed by atoms with van der Waals surface area (Å²) < 4.78 is 26.4. The number of anilines is 2. The summed E-state index contributed by atoms with van der Waals surface area (Å²) in [4.78, 5) is 31.1. The third-order valence-electron chi connectivity index (χ3n) is 13.9. The quantitative estimate of drug-likeness (QED) is 0.0552. The molecule has 0 saturated heterocycles. The lowest BCUT2D eigenvalue weighted by atomic mass is 9.80. The van der Waals surface area contributed by atoms with Crippen LogP contribution in [0.25, 0.3) is 0 Å². The fourth-order valence-electron chi connectivity index (χ4n) is 9.92. The second kappa shape index (κ2) is 27.1. The predicted molar refractivity (Wildman–Crippen MR) is 308 cm³/mol. The number of halogens is 2. The molecule has 6 aromatic rings. The van der Waals surface area contributed by atoms with Gasteiger partial charge in [0.1, 0.15) is 23.0 Å². The molecule has 73 heavy (non-hydrogen) atoms. The molecule has 0 spiro atoms. The van der Waals surface area contributed by atoms with Crippen molar-refractivity contribution in [3.05, 3.63) is 174 Å². The maximum atomic E-state index is 13.3. The first kappa shape index (κ1) is 56.7. The summed E-state index contributed by atoms with van der Waals surface area (Å²) in [6.07, 6.45) is 8.58. The number of ether oxygens (including phenoxy) is 4. The molecule has 0 N–H and O–H groups in total. The maximum absolute atomic E-state index is 13.3. The third-order valence-corrected chi connectivity index (χ3v) is 15.4. The van der Waals surface area contributed by atoms with Crippen LogP contribution in [0.4, 0.5) is 11.4 Å².